The fraction of sp³-hybridized carbons (Fsp3) is 0.600. The minimum Gasteiger partial charge on any atom is -0.316 e. The number of fused-ring (bicyclic) bond motifs is 1. The first-order valence-corrected chi connectivity index (χ1v) is 6.93. The van der Waals surface area contributed by atoms with Crippen molar-refractivity contribution in [3.8, 4) is 0 Å². The van der Waals surface area contributed by atoms with Gasteiger partial charge in [0.1, 0.15) is 0 Å². The van der Waals surface area contributed by atoms with E-state index in [0.29, 0.717) is 11.8 Å². The third-order valence-corrected chi connectivity index (χ3v) is 4.64. The summed E-state index contributed by atoms with van der Waals surface area (Å²) in [4.78, 5) is 0. The van der Waals surface area contributed by atoms with Crippen LogP contribution >= 0.6 is 0 Å². The Morgan fingerprint density at radius 1 is 1.11 bits per heavy atom. The molecule has 1 saturated heterocycles. The van der Waals surface area contributed by atoms with Gasteiger partial charge in [0.2, 0.25) is 0 Å². The molecule has 1 saturated carbocycles. The third kappa shape index (κ3) is 2.50. The molecule has 0 bridgehead atoms. The summed E-state index contributed by atoms with van der Waals surface area (Å²) in [6.45, 7) is 1.98. The van der Waals surface area contributed by atoms with Gasteiger partial charge >= 0.3 is 6.18 Å². The molecule has 19 heavy (non-hydrogen) atoms. The lowest BCUT2D eigenvalue weighted by Crippen LogP contribution is -2.25. The molecule has 0 spiro atoms. The summed E-state index contributed by atoms with van der Waals surface area (Å²) in [5.41, 5.74) is 0.353. The van der Waals surface area contributed by atoms with Crippen LogP contribution in [0.4, 0.5) is 13.2 Å². The zero-order valence-electron chi connectivity index (χ0n) is 10.7. The van der Waals surface area contributed by atoms with Crippen LogP contribution in [-0.2, 0) is 6.18 Å². The third-order valence-electron chi connectivity index (χ3n) is 4.64. The number of alkyl halides is 3. The second kappa shape index (κ2) is 4.82. The summed E-state index contributed by atoms with van der Waals surface area (Å²) in [6.07, 6.45) is -0.876. The molecule has 1 nitrogen and oxygen atoms in total. The Kier molecular flexibility index (Phi) is 3.29. The Labute approximate surface area is 111 Å². The van der Waals surface area contributed by atoms with Crippen LogP contribution in [0, 0.1) is 11.8 Å². The van der Waals surface area contributed by atoms with Crippen molar-refractivity contribution >= 4 is 0 Å². The number of nitrogens with one attached hydrogen (secondary N) is 1. The molecule has 0 amide bonds. The van der Waals surface area contributed by atoms with E-state index >= 15 is 0 Å². The highest BCUT2D eigenvalue weighted by Gasteiger charge is 2.38. The van der Waals surface area contributed by atoms with E-state index in [0.717, 1.165) is 37.6 Å². The van der Waals surface area contributed by atoms with Crippen molar-refractivity contribution in [1.29, 1.82) is 0 Å². The molecular weight excluding hydrogens is 251 g/mol. The van der Waals surface area contributed by atoms with Gasteiger partial charge in [-0.15, -0.1) is 0 Å². The standard InChI is InChI=1S/C15H18F3N/c16-15(17,18)12-5-1-3-10(7-12)13-6-2-4-11-8-19-9-14(11)13/h1,3,5,7,11,13-14,19H,2,4,6,8-9H2/t11-,13+,14-/m1/s1. The molecular formula is C15H18F3N. The van der Waals surface area contributed by atoms with E-state index in [2.05, 4.69) is 5.32 Å². The average Bonchev–Trinajstić information content (AvgIpc) is 2.86. The summed E-state index contributed by atoms with van der Waals surface area (Å²) < 4.78 is 38.4. The maximum atomic E-state index is 12.8. The minimum absolute atomic E-state index is 0.288. The first kappa shape index (κ1) is 13.0. The molecule has 2 aliphatic rings. The van der Waals surface area contributed by atoms with Gasteiger partial charge in [-0.2, -0.15) is 13.2 Å². The maximum absolute atomic E-state index is 12.8. The average molecular weight is 269 g/mol. The molecule has 104 valence electrons. The minimum atomic E-state index is -4.24. The number of benzene rings is 1. The highest BCUT2D eigenvalue weighted by Crippen LogP contribution is 2.43. The van der Waals surface area contributed by atoms with Crippen LogP contribution in [0.2, 0.25) is 0 Å². The predicted molar refractivity (Wildman–Crippen MR) is 67.9 cm³/mol. The zero-order chi connectivity index (χ0) is 13.5. The van der Waals surface area contributed by atoms with Gasteiger partial charge in [-0.3, -0.25) is 0 Å². The number of rotatable bonds is 1. The molecule has 0 unspecified atom stereocenters. The highest BCUT2D eigenvalue weighted by atomic mass is 19.4. The van der Waals surface area contributed by atoms with E-state index < -0.39 is 11.7 Å². The SMILES string of the molecule is FC(F)(F)c1cccc([C@@H]2CCC[C@@H]3CNC[C@H]32)c1. The molecule has 1 aromatic carbocycles. The van der Waals surface area contributed by atoms with Crippen molar-refractivity contribution in [2.75, 3.05) is 13.1 Å². The lowest BCUT2D eigenvalue weighted by atomic mass is 9.71. The van der Waals surface area contributed by atoms with Gasteiger partial charge in [-0.1, -0.05) is 24.6 Å². The second-order valence-electron chi connectivity index (χ2n) is 5.74. The van der Waals surface area contributed by atoms with Gasteiger partial charge in [0.05, 0.1) is 5.56 Å². The van der Waals surface area contributed by atoms with Gasteiger partial charge in [0, 0.05) is 0 Å². The van der Waals surface area contributed by atoms with Crippen LogP contribution in [0.3, 0.4) is 0 Å². The molecule has 3 atom stereocenters. The quantitative estimate of drug-likeness (QED) is 0.817. The number of halogens is 3. The summed E-state index contributed by atoms with van der Waals surface area (Å²) in [5.74, 6) is 1.45. The first-order chi connectivity index (χ1) is 9.05. The summed E-state index contributed by atoms with van der Waals surface area (Å²) in [7, 11) is 0. The first-order valence-electron chi connectivity index (χ1n) is 6.93. The normalized spacial score (nSPS) is 31.2. The van der Waals surface area contributed by atoms with Crippen molar-refractivity contribution in [3.63, 3.8) is 0 Å². The maximum Gasteiger partial charge on any atom is 0.416 e. The van der Waals surface area contributed by atoms with Crippen molar-refractivity contribution in [2.24, 2.45) is 11.8 Å². The Morgan fingerprint density at radius 3 is 2.74 bits per heavy atom. The molecule has 3 rings (SSSR count). The van der Waals surface area contributed by atoms with Gasteiger partial charge in [-0.25, -0.2) is 0 Å². The largest absolute Gasteiger partial charge is 0.416 e. The van der Waals surface area contributed by atoms with Crippen LogP contribution < -0.4 is 5.32 Å². The Bertz CT molecular complexity index is 455. The number of hydrogen-bond acceptors (Lipinski definition) is 1. The van der Waals surface area contributed by atoms with Crippen molar-refractivity contribution in [1.82, 2.24) is 5.32 Å². The van der Waals surface area contributed by atoms with Crippen molar-refractivity contribution < 1.29 is 13.2 Å². The molecule has 1 N–H and O–H groups in total. The van der Waals surface area contributed by atoms with Crippen LogP contribution in [0.5, 0.6) is 0 Å². The molecule has 4 heteroatoms. The summed E-state index contributed by atoms with van der Waals surface area (Å²) >= 11 is 0. The fourth-order valence-corrected chi connectivity index (χ4v) is 3.71. The van der Waals surface area contributed by atoms with Crippen molar-refractivity contribution in [2.45, 2.75) is 31.4 Å². The summed E-state index contributed by atoms with van der Waals surface area (Å²) in [6, 6.07) is 5.92. The van der Waals surface area contributed by atoms with E-state index in [1.165, 1.54) is 12.5 Å². The van der Waals surface area contributed by atoms with Gasteiger partial charge in [0.25, 0.3) is 0 Å². The molecule has 1 aliphatic heterocycles. The number of hydrogen-bond donors (Lipinski definition) is 1. The van der Waals surface area contributed by atoms with Crippen LogP contribution in [0.15, 0.2) is 24.3 Å². The molecule has 1 aliphatic carbocycles. The zero-order valence-corrected chi connectivity index (χ0v) is 10.7. The molecule has 0 aromatic heterocycles. The smallest absolute Gasteiger partial charge is 0.316 e. The fourth-order valence-electron chi connectivity index (χ4n) is 3.71. The van der Waals surface area contributed by atoms with Gasteiger partial charge in [-0.05, 0) is 55.3 Å². The van der Waals surface area contributed by atoms with Crippen molar-refractivity contribution in [3.05, 3.63) is 35.4 Å². The Balaban J connectivity index is 1.89. The molecule has 1 aromatic rings. The highest BCUT2D eigenvalue weighted by molar-refractivity contribution is 5.29. The van der Waals surface area contributed by atoms with E-state index in [1.54, 1.807) is 6.07 Å². The van der Waals surface area contributed by atoms with E-state index in [-0.39, 0.29) is 5.92 Å². The van der Waals surface area contributed by atoms with Crippen LogP contribution in [0.25, 0.3) is 0 Å². The molecule has 2 fully saturated rings. The second-order valence-corrected chi connectivity index (χ2v) is 5.74. The molecule has 0 radical (unpaired) electrons. The van der Waals surface area contributed by atoms with Gasteiger partial charge < -0.3 is 5.32 Å². The van der Waals surface area contributed by atoms with E-state index in [1.807, 2.05) is 6.07 Å². The lowest BCUT2D eigenvalue weighted by Gasteiger charge is -2.33. The van der Waals surface area contributed by atoms with E-state index in [9.17, 15) is 13.2 Å². The summed E-state index contributed by atoms with van der Waals surface area (Å²) in [5, 5.41) is 3.39. The topological polar surface area (TPSA) is 12.0 Å². The Hall–Kier alpha value is -1.03. The van der Waals surface area contributed by atoms with E-state index in [4.69, 9.17) is 0 Å². The van der Waals surface area contributed by atoms with Crippen LogP contribution in [-0.4, -0.2) is 13.1 Å². The lowest BCUT2D eigenvalue weighted by molar-refractivity contribution is -0.137. The Morgan fingerprint density at radius 2 is 1.95 bits per heavy atom. The monoisotopic (exact) mass is 269 g/mol. The molecule has 1 heterocycles. The van der Waals surface area contributed by atoms with Gasteiger partial charge in [0.15, 0.2) is 0 Å². The van der Waals surface area contributed by atoms with Crippen LogP contribution in [0.1, 0.15) is 36.3 Å². The predicted octanol–water partition coefficient (Wildman–Crippen LogP) is 3.81.